The van der Waals surface area contributed by atoms with Gasteiger partial charge in [-0.3, -0.25) is 4.99 Å². The molecule has 3 atom stereocenters. The molecule has 1 aromatic carbocycles. The summed E-state index contributed by atoms with van der Waals surface area (Å²) in [6.07, 6.45) is 15.7. The fourth-order valence-corrected chi connectivity index (χ4v) is 5.43. The Morgan fingerprint density at radius 1 is 1.00 bits per heavy atom. The van der Waals surface area contributed by atoms with Crippen molar-refractivity contribution >= 4 is 28.2 Å². The average Bonchev–Trinajstić information content (AvgIpc) is 3.33. The minimum Gasteiger partial charge on any atom is -0.381 e. The van der Waals surface area contributed by atoms with Gasteiger partial charge in [0.15, 0.2) is 0 Å². The zero-order valence-corrected chi connectivity index (χ0v) is 34.9. The van der Waals surface area contributed by atoms with E-state index in [0.717, 1.165) is 86.6 Å². The van der Waals surface area contributed by atoms with E-state index < -0.39 is 11.7 Å². The summed E-state index contributed by atoms with van der Waals surface area (Å²) in [5, 5.41) is 2.10. The summed E-state index contributed by atoms with van der Waals surface area (Å²) in [7, 11) is 0. The van der Waals surface area contributed by atoms with E-state index in [0.29, 0.717) is 5.92 Å². The molecule has 0 aliphatic carbocycles. The number of halogens is 4. The molecule has 0 saturated carbocycles. The van der Waals surface area contributed by atoms with Crippen LogP contribution in [0.25, 0.3) is 10.9 Å². The number of nitrogens with zero attached hydrogens (tertiary/aromatic N) is 1. The van der Waals surface area contributed by atoms with E-state index in [1.54, 1.807) is 6.92 Å². The van der Waals surface area contributed by atoms with Gasteiger partial charge in [0.1, 0.15) is 0 Å². The predicted molar refractivity (Wildman–Crippen MR) is 224 cm³/mol. The molecule has 1 fully saturated rings. The van der Waals surface area contributed by atoms with Crippen molar-refractivity contribution < 1.29 is 17.9 Å². The highest BCUT2D eigenvalue weighted by atomic mass is 35.5. The van der Waals surface area contributed by atoms with Gasteiger partial charge in [-0.15, -0.1) is 6.58 Å². The van der Waals surface area contributed by atoms with E-state index in [1.165, 1.54) is 59.0 Å². The van der Waals surface area contributed by atoms with Crippen LogP contribution in [-0.2, 0) is 11.2 Å². The maximum absolute atomic E-state index is 11.9. The lowest BCUT2D eigenvalue weighted by Gasteiger charge is -2.15. The minimum absolute atomic E-state index is 0.366. The van der Waals surface area contributed by atoms with Crippen LogP contribution < -0.4 is 0 Å². The van der Waals surface area contributed by atoms with Gasteiger partial charge in [0, 0.05) is 58.2 Å². The van der Waals surface area contributed by atoms with Crippen molar-refractivity contribution in [2.45, 2.75) is 146 Å². The number of benzene rings is 1. The summed E-state index contributed by atoms with van der Waals surface area (Å²) in [6.45, 7) is 29.9. The number of hydrogen-bond acceptors (Lipinski definition) is 2. The third kappa shape index (κ3) is 21.0. The topological polar surface area (TPSA) is 37.4 Å². The molecule has 3 unspecified atom stereocenters. The molecule has 1 N–H and O–H groups in total. The molecule has 7 heteroatoms. The van der Waals surface area contributed by atoms with Gasteiger partial charge in [0.2, 0.25) is 0 Å². The number of nitrogens with one attached hydrogen (secondary N) is 1. The van der Waals surface area contributed by atoms with Crippen molar-refractivity contribution in [2.24, 2.45) is 16.8 Å². The largest absolute Gasteiger partial charge is 0.415 e. The highest BCUT2D eigenvalue weighted by Crippen LogP contribution is 2.35. The molecular formula is C45H70ClF3N2O. The summed E-state index contributed by atoms with van der Waals surface area (Å²) < 4.78 is 41.2. The van der Waals surface area contributed by atoms with Crippen LogP contribution in [0.5, 0.6) is 0 Å². The van der Waals surface area contributed by atoms with Crippen molar-refractivity contribution in [3.63, 3.8) is 0 Å². The normalized spacial score (nSPS) is 17.4. The average molecular weight is 748 g/mol. The van der Waals surface area contributed by atoms with Crippen LogP contribution in [0.1, 0.15) is 144 Å². The first-order chi connectivity index (χ1) is 24.5. The van der Waals surface area contributed by atoms with Crippen LogP contribution in [0.15, 0.2) is 83.6 Å². The minimum atomic E-state index is -4.36. The Balaban J connectivity index is 0.000000780. The summed E-state index contributed by atoms with van der Waals surface area (Å²) >= 11 is 6.26. The van der Waals surface area contributed by atoms with Crippen LogP contribution in [0.3, 0.4) is 0 Å². The van der Waals surface area contributed by atoms with Crippen molar-refractivity contribution in [1.82, 2.24) is 4.98 Å². The molecule has 1 aliphatic rings. The number of hydrogen-bond donors (Lipinski definition) is 1. The molecule has 0 spiro atoms. The Kier molecular flexibility index (Phi) is 26.2. The van der Waals surface area contributed by atoms with E-state index in [2.05, 4.69) is 102 Å². The van der Waals surface area contributed by atoms with Gasteiger partial charge >= 0.3 is 6.18 Å². The van der Waals surface area contributed by atoms with Gasteiger partial charge in [-0.25, -0.2) is 0 Å². The molecule has 3 nitrogen and oxygen atoms in total. The van der Waals surface area contributed by atoms with E-state index in [9.17, 15) is 13.2 Å². The first-order valence-electron chi connectivity index (χ1n) is 19.4. The number of aromatic amines is 1. The van der Waals surface area contributed by atoms with E-state index in [-0.39, 0.29) is 0 Å². The van der Waals surface area contributed by atoms with E-state index >= 15 is 0 Å². The van der Waals surface area contributed by atoms with E-state index in [4.69, 9.17) is 16.3 Å². The molecule has 52 heavy (non-hydrogen) atoms. The molecule has 1 aromatic heterocycles. The number of allylic oxidation sites excluding steroid dienone is 7. The van der Waals surface area contributed by atoms with Gasteiger partial charge in [-0.05, 0) is 112 Å². The van der Waals surface area contributed by atoms with Gasteiger partial charge in [-0.2, -0.15) is 13.2 Å². The number of aromatic nitrogens is 1. The van der Waals surface area contributed by atoms with E-state index in [1.807, 2.05) is 19.9 Å². The van der Waals surface area contributed by atoms with Crippen LogP contribution >= 0.6 is 11.6 Å². The molecule has 2 aromatic rings. The van der Waals surface area contributed by atoms with Crippen molar-refractivity contribution in [1.29, 1.82) is 0 Å². The Morgan fingerprint density at radius 3 is 2.12 bits per heavy atom. The molecule has 3 rings (SSSR count). The van der Waals surface area contributed by atoms with Gasteiger partial charge in [0.25, 0.3) is 0 Å². The Bertz CT molecular complexity index is 1420. The molecule has 0 bridgehead atoms. The van der Waals surface area contributed by atoms with Crippen LogP contribution in [0.4, 0.5) is 13.2 Å². The second-order valence-corrected chi connectivity index (χ2v) is 14.5. The van der Waals surface area contributed by atoms with Crippen LogP contribution in [-0.4, -0.2) is 30.1 Å². The van der Waals surface area contributed by atoms with Crippen molar-refractivity contribution in [3.05, 3.63) is 94.9 Å². The quantitative estimate of drug-likeness (QED) is 0.124. The molecule has 0 radical (unpaired) electrons. The fraction of sp³-hybridized carbons (Fsp3) is 0.578. The monoisotopic (exact) mass is 747 g/mol. The number of alkyl halides is 3. The number of H-pyrrole nitrogens is 1. The lowest BCUT2D eigenvalue weighted by Crippen LogP contribution is -2.08. The SMILES string of the molecule is C=C(/C=C\N=C(C)CCC)C(F)(F)F.C=C(C)CC.CC/C=C/C(=C\CC)C(C)c1[nH]c2ccc(Cl)cc2c1CCCC.CC1CCC(C)COC1. The number of aryl methyl sites for hydroxylation is 1. The lowest BCUT2D eigenvalue weighted by molar-refractivity contribution is -0.0878. The Labute approximate surface area is 320 Å². The number of ether oxygens (including phenoxy) is 1. The van der Waals surface area contributed by atoms with Crippen LogP contribution in [0.2, 0.25) is 5.02 Å². The highest BCUT2D eigenvalue weighted by molar-refractivity contribution is 6.31. The Hall–Kier alpha value is -2.83. The molecule has 2 heterocycles. The summed E-state index contributed by atoms with van der Waals surface area (Å²) in [4.78, 5) is 7.52. The summed E-state index contributed by atoms with van der Waals surface area (Å²) in [5.74, 6) is 1.94. The van der Waals surface area contributed by atoms with Gasteiger partial charge < -0.3 is 9.72 Å². The molecule has 1 saturated heterocycles. The second-order valence-electron chi connectivity index (χ2n) is 14.0. The standard InChI is InChI=1S/C22H30ClN.C10H14F3N.C8H16O.C5H10/c1-5-8-11-17(10-7-3)16(4)22-19(12-9-6-2)20-15-18(23)13-14-21(20)24-22;1-4-5-9(3)14-7-6-8(2)10(11,12)13;1-7-3-4-8(2)6-9-5-7;1-4-5(2)3/h8,10-11,13-16,24H,5-7,9,12H2,1-4H3;6-7H,2,4-5H2,1,3H3;7-8H,3-6H2,1-2H3;2,4H2,1,3H3/b11-8+,17-10+;7-6-,14-9?;;. The Morgan fingerprint density at radius 2 is 1.62 bits per heavy atom. The third-order valence-electron chi connectivity index (χ3n) is 8.71. The first-order valence-corrected chi connectivity index (χ1v) is 19.8. The smallest absolute Gasteiger partial charge is 0.381 e. The second kappa shape index (κ2) is 27.7. The van der Waals surface area contributed by atoms with Crippen molar-refractivity contribution in [3.8, 4) is 0 Å². The third-order valence-corrected chi connectivity index (χ3v) is 8.94. The van der Waals surface area contributed by atoms with Gasteiger partial charge in [0.05, 0.1) is 0 Å². The highest BCUT2D eigenvalue weighted by Gasteiger charge is 2.29. The number of aliphatic imine (C=N–C) groups is 1. The number of fused-ring (bicyclic) bond motifs is 1. The fourth-order valence-electron chi connectivity index (χ4n) is 5.26. The zero-order valence-electron chi connectivity index (χ0n) is 34.1. The number of unbranched alkanes of at least 4 members (excludes halogenated alkanes) is 1. The summed E-state index contributed by atoms with van der Waals surface area (Å²) in [6, 6.07) is 6.19. The summed E-state index contributed by atoms with van der Waals surface area (Å²) in [5.41, 5.74) is 6.57. The molecule has 1 aliphatic heterocycles. The van der Waals surface area contributed by atoms with Crippen LogP contribution in [0, 0.1) is 11.8 Å². The lowest BCUT2D eigenvalue weighted by atomic mass is 9.91. The zero-order chi connectivity index (χ0) is 39.7. The number of rotatable bonds is 13. The molecule has 0 amide bonds. The first kappa shape index (κ1) is 49.2. The maximum atomic E-state index is 11.9. The maximum Gasteiger partial charge on any atom is 0.415 e. The van der Waals surface area contributed by atoms with Gasteiger partial charge in [-0.1, -0.05) is 110 Å². The van der Waals surface area contributed by atoms with Crippen molar-refractivity contribution in [2.75, 3.05) is 13.2 Å². The molecule has 294 valence electrons. The molecular weight excluding hydrogens is 677 g/mol. The predicted octanol–water partition coefficient (Wildman–Crippen LogP) is 15.5.